The molecule has 2 amide bonds. The molecule has 136 valence electrons. The Labute approximate surface area is 150 Å². The van der Waals surface area contributed by atoms with Crippen molar-refractivity contribution in [2.75, 3.05) is 5.01 Å². The molecule has 2 aromatic rings. The second-order valence-electron chi connectivity index (χ2n) is 6.18. The lowest BCUT2D eigenvalue weighted by Gasteiger charge is -2.20. The molecule has 1 aromatic heterocycles. The zero-order valence-corrected chi connectivity index (χ0v) is 14.8. The molecular weight excluding hydrogens is 336 g/mol. The summed E-state index contributed by atoms with van der Waals surface area (Å²) in [5.74, 6) is -0.167. The molecule has 0 saturated carbocycles. The zero-order chi connectivity index (χ0) is 18.9. The quantitative estimate of drug-likeness (QED) is 0.849. The standard InChI is InChI=1S/C18H20N4O4/c1-4-18(25)12(3)20-22(17(18)24)15-7-5-6-13(9-15)16(23)19-10-14-8-11(2)26-21-14/h5-9,25H,4,10H2,1-3H3,(H,19,23)/t18-/m0/s1. The molecule has 0 spiro atoms. The highest BCUT2D eigenvalue weighted by atomic mass is 16.5. The first-order valence-corrected chi connectivity index (χ1v) is 8.28. The lowest BCUT2D eigenvalue weighted by atomic mass is 9.95. The summed E-state index contributed by atoms with van der Waals surface area (Å²) < 4.78 is 4.96. The molecule has 1 aromatic carbocycles. The summed E-state index contributed by atoms with van der Waals surface area (Å²) in [6, 6.07) is 8.25. The number of aliphatic hydroxyl groups is 1. The third kappa shape index (κ3) is 3.11. The molecule has 0 aliphatic carbocycles. The van der Waals surface area contributed by atoms with Crippen LogP contribution in [0.15, 0.2) is 40.0 Å². The molecule has 3 rings (SSSR count). The molecule has 2 N–H and O–H groups in total. The van der Waals surface area contributed by atoms with Gasteiger partial charge in [-0.3, -0.25) is 9.59 Å². The Morgan fingerprint density at radius 1 is 1.35 bits per heavy atom. The van der Waals surface area contributed by atoms with Gasteiger partial charge in [0, 0.05) is 11.6 Å². The number of benzene rings is 1. The molecule has 0 bridgehead atoms. The van der Waals surface area contributed by atoms with E-state index in [-0.39, 0.29) is 18.9 Å². The summed E-state index contributed by atoms with van der Waals surface area (Å²) >= 11 is 0. The van der Waals surface area contributed by atoms with Gasteiger partial charge in [0.25, 0.3) is 11.8 Å². The number of carbonyl (C=O) groups is 2. The van der Waals surface area contributed by atoms with Gasteiger partial charge < -0.3 is 14.9 Å². The molecule has 0 radical (unpaired) electrons. The molecule has 2 heterocycles. The second kappa shape index (κ2) is 6.72. The van der Waals surface area contributed by atoms with Crippen molar-refractivity contribution in [3.05, 3.63) is 47.3 Å². The van der Waals surface area contributed by atoms with Gasteiger partial charge in [-0.1, -0.05) is 18.1 Å². The van der Waals surface area contributed by atoms with E-state index in [0.717, 1.165) is 5.01 Å². The minimum atomic E-state index is -1.59. The number of rotatable bonds is 5. The van der Waals surface area contributed by atoms with E-state index in [1.54, 1.807) is 51.1 Å². The van der Waals surface area contributed by atoms with Crippen molar-refractivity contribution < 1.29 is 19.2 Å². The average molecular weight is 356 g/mol. The van der Waals surface area contributed by atoms with Gasteiger partial charge in [0.05, 0.1) is 17.9 Å². The maximum Gasteiger partial charge on any atom is 0.285 e. The third-order valence-electron chi connectivity index (χ3n) is 4.37. The number of aromatic nitrogens is 1. The number of hydrogen-bond donors (Lipinski definition) is 2. The smallest absolute Gasteiger partial charge is 0.285 e. The molecule has 1 atom stereocenters. The van der Waals surface area contributed by atoms with Gasteiger partial charge in [0.1, 0.15) is 11.5 Å². The number of hydrogen-bond acceptors (Lipinski definition) is 6. The van der Waals surface area contributed by atoms with Crippen LogP contribution in [-0.2, 0) is 11.3 Å². The third-order valence-corrected chi connectivity index (χ3v) is 4.37. The number of aryl methyl sites for hydroxylation is 1. The Hall–Kier alpha value is -3.00. The zero-order valence-electron chi connectivity index (χ0n) is 14.8. The average Bonchev–Trinajstić information content (AvgIpc) is 3.16. The van der Waals surface area contributed by atoms with E-state index in [9.17, 15) is 14.7 Å². The predicted molar refractivity (Wildman–Crippen MR) is 94.7 cm³/mol. The molecule has 1 aliphatic heterocycles. The Morgan fingerprint density at radius 3 is 2.73 bits per heavy atom. The minimum Gasteiger partial charge on any atom is -0.374 e. The SMILES string of the molecule is CC[C@@]1(O)C(=O)N(c2cccc(C(=O)NCc3cc(C)on3)c2)N=C1C. The lowest BCUT2D eigenvalue weighted by molar-refractivity contribution is -0.129. The van der Waals surface area contributed by atoms with E-state index in [4.69, 9.17) is 4.52 Å². The van der Waals surface area contributed by atoms with E-state index < -0.39 is 11.5 Å². The van der Waals surface area contributed by atoms with Crippen LogP contribution in [-0.4, -0.2) is 33.4 Å². The van der Waals surface area contributed by atoms with E-state index >= 15 is 0 Å². The summed E-state index contributed by atoms with van der Waals surface area (Å²) in [7, 11) is 0. The van der Waals surface area contributed by atoms with Crippen LogP contribution < -0.4 is 10.3 Å². The molecule has 0 unspecified atom stereocenters. The van der Waals surface area contributed by atoms with Crippen LogP contribution in [0.5, 0.6) is 0 Å². The van der Waals surface area contributed by atoms with Crippen molar-refractivity contribution in [2.24, 2.45) is 5.10 Å². The molecule has 0 saturated heterocycles. The van der Waals surface area contributed by atoms with Gasteiger partial charge in [0.15, 0.2) is 5.60 Å². The highest BCUT2D eigenvalue weighted by Crippen LogP contribution is 2.29. The number of amides is 2. The maximum atomic E-state index is 12.5. The number of anilines is 1. The number of nitrogens with zero attached hydrogens (tertiary/aromatic N) is 3. The summed E-state index contributed by atoms with van der Waals surface area (Å²) in [4.78, 5) is 24.9. The van der Waals surface area contributed by atoms with Crippen molar-refractivity contribution in [1.82, 2.24) is 10.5 Å². The second-order valence-corrected chi connectivity index (χ2v) is 6.18. The Bertz CT molecular complexity index is 889. The monoisotopic (exact) mass is 356 g/mol. The van der Waals surface area contributed by atoms with Gasteiger partial charge in [0.2, 0.25) is 0 Å². The van der Waals surface area contributed by atoms with Gasteiger partial charge >= 0.3 is 0 Å². The van der Waals surface area contributed by atoms with Gasteiger partial charge in [-0.15, -0.1) is 0 Å². The van der Waals surface area contributed by atoms with E-state index in [2.05, 4.69) is 15.6 Å². The first kappa shape index (κ1) is 17.8. The van der Waals surface area contributed by atoms with Crippen molar-refractivity contribution in [3.63, 3.8) is 0 Å². The number of nitrogens with one attached hydrogen (secondary N) is 1. The van der Waals surface area contributed by atoms with Gasteiger partial charge in [-0.05, 0) is 38.5 Å². The van der Waals surface area contributed by atoms with Crippen LogP contribution in [0.2, 0.25) is 0 Å². The van der Waals surface area contributed by atoms with Crippen LogP contribution in [0.25, 0.3) is 0 Å². The predicted octanol–water partition coefficient (Wildman–Crippen LogP) is 1.78. The van der Waals surface area contributed by atoms with Crippen molar-refractivity contribution >= 4 is 23.2 Å². The first-order valence-electron chi connectivity index (χ1n) is 8.28. The van der Waals surface area contributed by atoms with E-state index in [0.29, 0.717) is 28.4 Å². The number of hydrazone groups is 1. The maximum absolute atomic E-state index is 12.5. The normalized spacial score (nSPS) is 19.6. The van der Waals surface area contributed by atoms with Crippen LogP contribution in [0.3, 0.4) is 0 Å². The molecular formula is C18H20N4O4. The molecule has 0 fully saturated rings. The fourth-order valence-corrected chi connectivity index (χ4v) is 2.74. The van der Waals surface area contributed by atoms with Crippen LogP contribution >= 0.6 is 0 Å². The van der Waals surface area contributed by atoms with Crippen LogP contribution in [0.1, 0.15) is 42.1 Å². The highest BCUT2D eigenvalue weighted by molar-refractivity contribution is 6.21. The van der Waals surface area contributed by atoms with E-state index in [1.165, 1.54) is 0 Å². The number of carbonyl (C=O) groups excluding carboxylic acids is 2. The summed E-state index contributed by atoms with van der Waals surface area (Å²) in [5, 5.41) is 22.3. The van der Waals surface area contributed by atoms with Gasteiger partial charge in [-0.25, -0.2) is 0 Å². The van der Waals surface area contributed by atoms with Crippen LogP contribution in [0.4, 0.5) is 5.69 Å². The fraction of sp³-hybridized carbons (Fsp3) is 0.333. The van der Waals surface area contributed by atoms with Crippen molar-refractivity contribution in [3.8, 4) is 0 Å². The molecule has 8 heteroatoms. The summed E-state index contributed by atoms with van der Waals surface area (Å²) in [5.41, 5.74) is 0.151. The van der Waals surface area contributed by atoms with E-state index in [1.807, 2.05) is 0 Å². The summed E-state index contributed by atoms with van der Waals surface area (Å²) in [6.07, 6.45) is 0.231. The Kier molecular flexibility index (Phi) is 4.60. The molecule has 26 heavy (non-hydrogen) atoms. The lowest BCUT2D eigenvalue weighted by Crippen LogP contribution is -2.45. The Balaban J connectivity index is 1.76. The first-order chi connectivity index (χ1) is 12.3. The minimum absolute atomic E-state index is 0.231. The largest absolute Gasteiger partial charge is 0.374 e. The fourth-order valence-electron chi connectivity index (χ4n) is 2.74. The highest BCUT2D eigenvalue weighted by Gasteiger charge is 2.46. The summed E-state index contributed by atoms with van der Waals surface area (Å²) in [6.45, 7) is 5.33. The van der Waals surface area contributed by atoms with Crippen LogP contribution in [0, 0.1) is 6.92 Å². The molecule has 8 nitrogen and oxygen atoms in total. The molecule has 1 aliphatic rings. The Morgan fingerprint density at radius 2 is 2.12 bits per heavy atom. The van der Waals surface area contributed by atoms with Crippen molar-refractivity contribution in [1.29, 1.82) is 0 Å². The topological polar surface area (TPSA) is 108 Å². The van der Waals surface area contributed by atoms with Crippen molar-refractivity contribution in [2.45, 2.75) is 39.3 Å². The van der Waals surface area contributed by atoms with Gasteiger partial charge in [-0.2, -0.15) is 10.1 Å².